The topological polar surface area (TPSA) is 168 Å². The van der Waals surface area contributed by atoms with Crippen LogP contribution in [0, 0.1) is 0 Å². The number of nitrogens with one attached hydrogen (secondary N) is 1. The SMILES string of the molecule is NC(=NCCCCNC(=O)C(=O)c1cn(O)c2ccccc12)/C(N)=N/O. The van der Waals surface area contributed by atoms with Crippen LogP contribution in [0.15, 0.2) is 40.6 Å². The zero-order valence-corrected chi connectivity index (χ0v) is 13.9. The number of amides is 1. The number of fused-ring (bicyclic) bond motifs is 1. The number of unbranched alkanes of at least 4 members (excludes halogenated alkanes) is 1. The number of oxime groups is 1. The number of para-hydroxylation sites is 1. The first-order valence-corrected chi connectivity index (χ1v) is 7.85. The summed E-state index contributed by atoms with van der Waals surface area (Å²) in [6.45, 7) is 0.616. The van der Waals surface area contributed by atoms with Crippen LogP contribution in [0.3, 0.4) is 0 Å². The van der Waals surface area contributed by atoms with Gasteiger partial charge in [-0.15, -0.1) is 0 Å². The molecule has 0 saturated heterocycles. The van der Waals surface area contributed by atoms with Crippen LogP contribution >= 0.6 is 0 Å². The van der Waals surface area contributed by atoms with Gasteiger partial charge >= 0.3 is 0 Å². The van der Waals surface area contributed by atoms with E-state index in [0.29, 0.717) is 30.3 Å². The Morgan fingerprint density at radius 1 is 1.15 bits per heavy atom. The first kappa shape index (κ1) is 18.8. The molecular weight excluding hydrogens is 340 g/mol. The molecule has 0 aliphatic carbocycles. The summed E-state index contributed by atoms with van der Waals surface area (Å²) >= 11 is 0. The summed E-state index contributed by atoms with van der Waals surface area (Å²) < 4.78 is 0.819. The van der Waals surface area contributed by atoms with Crippen molar-refractivity contribution in [1.29, 1.82) is 0 Å². The molecule has 1 aromatic heterocycles. The third kappa shape index (κ3) is 4.29. The molecule has 7 N–H and O–H groups in total. The van der Waals surface area contributed by atoms with Gasteiger partial charge in [-0.2, -0.15) is 4.73 Å². The second kappa shape index (κ2) is 8.51. The molecule has 0 bridgehead atoms. The lowest BCUT2D eigenvalue weighted by molar-refractivity contribution is -0.117. The fraction of sp³-hybridized carbons (Fsp3) is 0.250. The lowest BCUT2D eigenvalue weighted by Gasteiger charge is -2.03. The van der Waals surface area contributed by atoms with Gasteiger partial charge in [-0.1, -0.05) is 23.4 Å². The summed E-state index contributed by atoms with van der Waals surface area (Å²) in [5, 5.41) is 24.0. The minimum Gasteiger partial charge on any atom is -0.428 e. The number of Topliss-reactive ketones (excluding diaryl/α,β-unsaturated/α-hetero) is 1. The molecule has 0 radical (unpaired) electrons. The molecule has 26 heavy (non-hydrogen) atoms. The van der Waals surface area contributed by atoms with Crippen LogP contribution in [0.2, 0.25) is 0 Å². The largest absolute Gasteiger partial charge is 0.428 e. The van der Waals surface area contributed by atoms with E-state index in [-0.39, 0.29) is 23.8 Å². The lowest BCUT2D eigenvalue weighted by Crippen LogP contribution is -2.32. The van der Waals surface area contributed by atoms with Gasteiger partial charge in [0.15, 0.2) is 5.84 Å². The first-order valence-electron chi connectivity index (χ1n) is 7.85. The molecule has 0 fully saturated rings. The maximum absolute atomic E-state index is 12.3. The second-order valence-electron chi connectivity index (χ2n) is 5.45. The van der Waals surface area contributed by atoms with Gasteiger partial charge in [0.2, 0.25) is 5.84 Å². The average molecular weight is 360 g/mol. The molecule has 0 aliphatic heterocycles. The van der Waals surface area contributed by atoms with Crippen molar-refractivity contribution in [2.24, 2.45) is 21.6 Å². The van der Waals surface area contributed by atoms with Crippen molar-refractivity contribution in [3.05, 3.63) is 36.0 Å². The Balaban J connectivity index is 1.84. The zero-order chi connectivity index (χ0) is 19.1. The lowest BCUT2D eigenvalue weighted by atomic mass is 10.1. The van der Waals surface area contributed by atoms with E-state index in [0.717, 1.165) is 4.73 Å². The number of nitrogens with two attached hydrogens (primary N) is 2. The van der Waals surface area contributed by atoms with Crippen LogP contribution in [-0.4, -0.2) is 51.6 Å². The van der Waals surface area contributed by atoms with Crippen LogP contribution < -0.4 is 16.8 Å². The maximum atomic E-state index is 12.3. The highest BCUT2D eigenvalue weighted by Gasteiger charge is 2.21. The number of hydrogen-bond donors (Lipinski definition) is 5. The van der Waals surface area contributed by atoms with Crippen molar-refractivity contribution in [1.82, 2.24) is 10.0 Å². The van der Waals surface area contributed by atoms with E-state index >= 15 is 0 Å². The predicted octanol–water partition coefficient (Wildman–Crippen LogP) is 0.0613. The van der Waals surface area contributed by atoms with Crippen LogP contribution in [0.1, 0.15) is 23.2 Å². The van der Waals surface area contributed by atoms with Crippen molar-refractivity contribution >= 4 is 34.3 Å². The second-order valence-corrected chi connectivity index (χ2v) is 5.45. The summed E-state index contributed by atoms with van der Waals surface area (Å²) in [6.07, 6.45) is 2.37. The van der Waals surface area contributed by atoms with Crippen LogP contribution in [-0.2, 0) is 4.79 Å². The van der Waals surface area contributed by atoms with Crippen molar-refractivity contribution in [3.63, 3.8) is 0 Å². The van der Waals surface area contributed by atoms with Crippen LogP contribution in [0.5, 0.6) is 0 Å². The summed E-state index contributed by atoms with van der Waals surface area (Å²) in [4.78, 5) is 28.2. The van der Waals surface area contributed by atoms with Crippen LogP contribution in [0.25, 0.3) is 10.9 Å². The summed E-state index contributed by atoms with van der Waals surface area (Å²) in [5.74, 6) is -1.79. The Labute approximate surface area is 148 Å². The monoisotopic (exact) mass is 360 g/mol. The normalized spacial score (nSPS) is 12.3. The molecule has 1 amide bonds. The summed E-state index contributed by atoms with van der Waals surface area (Å²) in [6, 6.07) is 6.74. The van der Waals surface area contributed by atoms with Gasteiger partial charge in [0.05, 0.1) is 17.3 Å². The highest BCUT2D eigenvalue weighted by molar-refractivity contribution is 6.45. The highest BCUT2D eigenvalue weighted by atomic mass is 16.5. The van der Waals surface area contributed by atoms with Gasteiger partial charge in [0, 0.05) is 18.5 Å². The number of hydrogen-bond acceptors (Lipinski definition) is 6. The molecule has 138 valence electrons. The molecule has 0 spiro atoms. The van der Waals surface area contributed by atoms with Crippen molar-refractivity contribution in [2.45, 2.75) is 12.8 Å². The van der Waals surface area contributed by atoms with E-state index in [1.54, 1.807) is 24.3 Å². The fourth-order valence-electron chi connectivity index (χ4n) is 2.32. The molecular formula is C16H20N6O4. The van der Waals surface area contributed by atoms with E-state index in [2.05, 4.69) is 15.5 Å². The Morgan fingerprint density at radius 3 is 2.62 bits per heavy atom. The molecule has 10 nitrogen and oxygen atoms in total. The van der Waals surface area contributed by atoms with E-state index in [4.69, 9.17) is 16.7 Å². The number of rotatable bonds is 7. The molecule has 1 aromatic carbocycles. The Kier molecular flexibility index (Phi) is 6.15. The van der Waals surface area contributed by atoms with E-state index in [1.165, 1.54) is 6.20 Å². The highest BCUT2D eigenvalue weighted by Crippen LogP contribution is 2.20. The number of nitrogens with zero attached hydrogens (tertiary/aromatic N) is 3. The molecule has 0 unspecified atom stereocenters. The van der Waals surface area contributed by atoms with Crippen LogP contribution in [0.4, 0.5) is 0 Å². The Hall–Kier alpha value is -3.56. The molecule has 10 heteroatoms. The number of ketones is 1. The van der Waals surface area contributed by atoms with Crippen molar-refractivity contribution in [2.75, 3.05) is 13.1 Å². The average Bonchev–Trinajstić information content (AvgIpc) is 2.99. The number of amidine groups is 2. The van der Waals surface area contributed by atoms with Gasteiger partial charge in [0.25, 0.3) is 11.7 Å². The number of carbonyl (C=O) groups is 2. The Bertz CT molecular complexity index is 871. The minimum absolute atomic E-state index is 0.0629. The third-order valence-corrected chi connectivity index (χ3v) is 3.67. The molecule has 1 heterocycles. The maximum Gasteiger partial charge on any atom is 0.292 e. The van der Waals surface area contributed by atoms with Gasteiger partial charge in [-0.3, -0.25) is 14.6 Å². The fourth-order valence-corrected chi connectivity index (χ4v) is 2.32. The van der Waals surface area contributed by atoms with Crippen molar-refractivity contribution < 1.29 is 20.0 Å². The van der Waals surface area contributed by atoms with Gasteiger partial charge < -0.3 is 27.2 Å². The predicted molar refractivity (Wildman–Crippen MR) is 95.6 cm³/mol. The summed E-state index contributed by atoms with van der Waals surface area (Å²) in [5.41, 5.74) is 11.3. The number of benzene rings is 1. The number of aliphatic imine (C=N–C) groups is 1. The zero-order valence-electron chi connectivity index (χ0n) is 13.9. The first-order chi connectivity index (χ1) is 12.5. The van der Waals surface area contributed by atoms with Gasteiger partial charge in [-0.25, -0.2) is 0 Å². The Morgan fingerprint density at radius 2 is 1.88 bits per heavy atom. The van der Waals surface area contributed by atoms with Gasteiger partial charge in [0.1, 0.15) is 0 Å². The quantitative estimate of drug-likeness (QED) is 0.0683. The molecule has 2 aromatic rings. The molecule has 0 atom stereocenters. The molecule has 0 saturated carbocycles. The van der Waals surface area contributed by atoms with E-state index in [9.17, 15) is 14.8 Å². The number of carbonyl (C=O) groups excluding carboxylic acids is 2. The molecule has 0 aliphatic rings. The van der Waals surface area contributed by atoms with E-state index < -0.39 is 11.7 Å². The minimum atomic E-state index is -0.749. The van der Waals surface area contributed by atoms with Gasteiger partial charge in [-0.05, 0) is 18.9 Å². The van der Waals surface area contributed by atoms with E-state index in [1.807, 2.05) is 0 Å². The third-order valence-electron chi connectivity index (χ3n) is 3.67. The standard InChI is InChI=1S/C16H20N6O4/c17-14(15(18)21-25)19-7-3-4-8-20-16(24)13(23)11-9-22(26)12-6-2-1-5-10(11)12/h1-2,5-6,9,25-26H,3-4,7-8H2,(H2,17,19)(H2,18,21)(H,20,24). The van der Waals surface area contributed by atoms with Crippen molar-refractivity contribution in [3.8, 4) is 0 Å². The summed E-state index contributed by atoms with van der Waals surface area (Å²) in [7, 11) is 0. The molecule has 2 rings (SSSR count). The number of aromatic nitrogens is 1. The smallest absolute Gasteiger partial charge is 0.292 e.